The molecule has 2 aromatic rings. The Morgan fingerprint density at radius 3 is 2.48 bits per heavy atom. The van der Waals surface area contributed by atoms with Crippen molar-refractivity contribution in [2.24, 2.45) is 11.5 Å². The van der Waals surface area contributed by atoms with Gasteiger partial charge in [0.25, 0.3) is 5.91 Å². The van der Waals surface area contributed by atoms with Crippen LogP contribution in [0.15, 0.2) is 24.3 Å². The van der Waals surface area contributed by atoms with E-state index in [2.05, 4.69) is 21.7 Å². The summed E-state index contributed by atoms with van der Waals surface area (Å²) in [5.74, 6) is 0.999. The van der Waals surface area contributed by atoms with Gasteiger partial charge in [-0.2, -0.15) is 5.26 Å². The summed E-state index contributed by atoms with van der Waals surface area (Å²) in [5.41, 5.74) is 12.7. The highest BCUT2D eigenvalue weighted by Crippen LogP contribution is 2.32. The number of nitrogens with two attached hydrogens (primary N) is 2. The molecule has 3 rings (SSSR count). The predicted molar refractivity (Wildman–Crippen MR) is 121 cm³/mol. The quantitative estimate of drug-likeness (QED) is 0.507. The maximum atomic E-state index is 12.0. The molecule has 31 heavy (non-hydrogen) atoms. The van der Waals surface area contributed by atoms with Crippen molar-refractivity contribution in [3.63, 3.8) is 0 Å². The van der Waals surface area contributed by atoms with Gasteiger partial charge in [0, 0.05) is 23.8 Å². The number of nitrogens with one attached hydrogen (secondary N) is 2. The number of primary amides is 1. The van der Waals surface area contributed by atoms with Gasteiger partial charge in [-0.25, -0.2) is 4.98 Å². The van der Waals surface area contributed by atoms with Crippen molar-refractivity contribution in [1.82, 2.24) is 4.98 Å². The van der Waals surface area contributed by atoms with Gasteiger partial charge in [0.05, 0.1) is 25.3 Å². The second-order valence-electron chi connectivity index (χ2n) is 7.15. The Morgan fingerprint density at radius 2 is 1.87 bits per heavy atom. The number of hydrogen-bond donors (Lipinski definition) is 4. The molecule has 2 atom stereocenters. The second-order valence-corrected chi connectivity index (χ2v) is 7.15. The number of rotatable bonds is 7. The zero-order valence-electron chi connectivity index (χ0n) is 17.5. The first-order valence-corrected chi connectivity index (χ1v) is 9.73. The number of nitrogens with zero attached hydrogens (tertiary/aromatic N) is 2. The highest BCUT2D eigenvalue weighted by molar-refractivity contribution is 5.99. The number of halogens is 1. The van der Waals surface area contributed by atoms with E-state index in [1.165, 1.54) is 13.2 Å². The van der Waals surface area contributed by atoms with E-state index in [1.807, 2.05) is 0 Å². The number of hydrogen-bond acceptors (Lipinski definition) is 8. The number of aromatic nitrogens is 1. The molecule has 0 spiro atoms. The fraction of sp³-hybridized carbons (Fsp3) is 0.381. The third-order valence-electron chi connectivity index (χ3n) is 5.20. The number of carbonyl (C=O) groups excluding carboxylic acids is 1. The molecule has 1 fully saturated rings. The summed E-state index contributed by atoms with van der Waals surface area (Å²) in [4.78, 5) is 16.5. The Balaban J connectivity index is 0.00000341. The molecule has 0 saturated heterocycles. The highest BCUT2D eigenvalue weighted by atomic mass is 35.5. The molecule has 1 amide bonds. The second kappa shape index (κ2) is 10.7. The first-order chi connectivity index (χ1) is 14.5. The summed E-state index contributed by atoms with van der Waals surface area (Å²) >= 11 is 0. The minimum Gasteiger partial charge on any atom is -0.493 e. The lowest BCUT2D eigenvalue weighted by atomic mass is 9.91. The molecule has 10 heteroatoms. The van der Waals surface area contributed by atoms with Crippen LogP contribution in [-0.4, -0.2) is 37.2 Å². The Kier molecular flexibility index (Phi) is 8.30. The minimum absolute atomic E-state index is 0. The largest absolute Gasteiger partial charge is 0.493 e. The van der Waals surface area contributed by atoms with Crippen LogP contribution in [0.4, 0.5) is 17.3 Å². The number of carbonyl (C=O) groups is 1. The summed E-state index contributed by atoms with van der Waals surface area (Å²) in [6.45, 7) is 0. The van der Waals surface area contributed by atoms with Gasteiger partial charge >= 0.3 is 0 Å². The maximum absolute atomic E-state index is 12.0. The van der Waals surface area contributed by atoms with Crippen molar-refractivity contribution >= 4 is 35.6 Å². The first-order valence-electron chi connectivity index (χ1n) is 9.73. The molecule has 0 aliphatic heterocycles. The van der Waals surface area contributed by atoms with Gasteiger partial charge in [-0.15, -0.1) is 12.4 Å². The minimum atomic E-state index is -0.692. The standard InChI is InChI=1S/C21H26N6O3.ClH/c1-29-17-8-7-13(10-18(17)30-2)25-21-14(19(24)28)9-12(11-22)20(27-21)26-16-6-4-3-5-15(16)23;/h7-10,15-16H,3-6,23H2,1-2H3,(H2,24,28)(H2,25,26,27);1H/t15-,16+;/m0./s1. The molecule has 6 N–H and O–H groups in total. The van der Waals surface area contributed by atoms with Crippen molar-refractivity contribution in [2.45, 2.75) is 37.8 Å². The summed E-state index contributed by atoms with van der Waals surface area (Å²) in [7, 11) is 3.08. The molecule has 1 aliphatic rings. The van der Waals surface area contributed by atoms with Gasteiger partial charge in [-0.05, 0) is 31.0 Å². The zero-order chi connectivity index (χ0) is 21.7. The normalized spacial score (nSPS) is 17.6. The molecule has 1 saturated carbocycles. The molecule has 0 radical (unpaired) electrons. The van der Waals surface area contributed by atoms with E-state index in [1.54, 1.807) is 25.3 Å². The Bertz CT molecular complexity index is 978. The predicted octanol–water partition coefficient (Wildman–Crippen LogP) is 2.92. The van der Waals surface area contributed by atoms with E-state index < -0.39 is 5.91 Å². The summed E-state index contributed by atoms with van der Waals surface area (Å²) in [6.07, 6.45) is 3.95. The number of anilines is 3. The van der Waals surface area contributed by atoms with Gasteiger partial charge in [0.1, 0.15) is 17.7 Å². The van der Waals surface area contributed by atoms with E-state index in [0.717, 1.165) is 25.7 Å². The van der Waals surface area contributed by atoms with Crippen LogP contribution in [0.2, 0.25) is 0 Å². The first kappa shape index (κ1) is 24.1. The molecule has 1 aliphatic carbocycles. The van der Waals surface area contributed by atoms with Crippen molar-refractivity contribution in [2.75, 3.05) is 24.9 Å². The number of ether oxygens (including phenoxy) is 2. The van der Waals surface area contributed by atoms with Crippen molar-refractivity contribution < 1.29 is 14.3 Å². The summed E-state index contributed by atoms with van der Waals surface area (Å²) < 4.78 is 10.6. The van der Waals surface area contributed by atoms with Crippen LogP contribution in [0.25, 0.3) is 0 Å². The molecular weight excluding hydrogens is 420 g/mol. The van der Waals surface area contributed by atoms with Crippen LogP contribution < -0.4 is 31.6 Å². The number of benzene rings is 1. The number of pyridine rings is 1. The third-order valence-corrected chi connectivity index (χ3v) is 5.20. The van der Waals surface area contributed by atoms with Gasteiger partial charge in [0.2, 0.25) is 0 Å². The van der Waals surface area contributed by atoms with E-state index in [-0.39, 0.29) is 41.4 Å². The average molecular weight is 447 g/mol. The van der Waals surface area contributed by atoms with Crippen LogP contribution >= 0.6 is 12.4 Å². The van der Waals surface area contributed by atoms with Gasteiger partial charge in [0.15, 0.2) is 11.5 Å². The van der Waals surface area contributed by atoms with Gasteiger partial charge in [-0.1, -0.05) is 12.8 Å². The maximum Gasteiger partial charge on any atom is 0.252 e. The molecular formula is C21H27ClN6O3. The van der Waals surface area contributed by atoms with Crippen LogP contribution in [-0.2, 0) is 0 Å². The van der Waals surface area contributed by atoms with E-state index in [4.69, 9.17) is 20.9 Å². The number of methoxy groups -OCH3 is 2. The lowest BCUT2D eigenvalue weighted by molar-refractivity contribution is 0.100. The fourth-order valence-electron chi connectivity index (χ4n) is 3.56. The van der Waals surface area contributed by atoms with Crippen LogP contribution in [0.5, 0.6) is 11.5 Å². The van der Waals surface area contributed by atoms with Crippen molar-refractivity contribution in [1.29, 1.82) is 5.26 Å². The van der Waals surface area contributed by atoms with Crippen LogP contribution in [0.3, 0.4) is 0 Å². The summed E-state index contributed by atoms with van der Waals surface area (Å²) in [6, 6.07) is 8.71. The molecule has 1 heterocycles. The van der Waals surface area contributed by atoms with Gasteiger partial charge < -0.3 is 31.6 Å². The smallest absolute Gasteiger partial charge is 0.252 e. The van der Waals surface area contributed by atoms with Crippen LogP contribution in [0.1, 0.15) is 41.6 Å². The van der Waals surface area contributed by atoms with E-state index >= 15 is 0 Å². The third kappa shape index (κ3) is 5.48. The Labute approximate surface area is 187 Å². The lowest BCUT2D eigenvalue weighted by Crippen LogP contribution is -2.43. The Hall–Kier alpha value is -3.22. The van der Waals surface area contributed by atoms with E-state index in [9.17, 15) is 10.1 Å². The SMILES string of the molecule is COc1ccc(Nc2nc(N[C@@H]3CCCC[C@@H]3N)c(C#N)cc2C(N)=O)cc1OC.Cl. The molecule has 0 bridgehead atoms. The molecule has 9 nitrogen and oxygen atoms in total. The van der Waals surface area contributed by atoms with Crippen molar-refractivity contribution in [3.05, 3.63) is 35.4 Å². The Morgan fingerprint density at radius 1 is 1.16 bits per heavy atom. The fourth-order valence-corrected chi connectivity index (χ4v) is 3.56. The molecule has 1 aromatic heterocycles. The monoisotopic (exact) mass is 446 g/mol. The van der Waals surface area contributed by atoms with Crippen LogP contribution in [0, 0.1) is 11.3 Å². The lowest BCUT2D eigenvalue weighted by Gasteiger charge is -2.30. The summed E-state index contributed by atoms with van der Waals surface area (Å²) in [5, 5.41) is 15.9. The molecule has 1 aromatic carbocycles. The molecule has 166 valence electrons. The molecule has 0 unspecified atom stereocenters. The number of nitriles is 1. The van der Waals surface area contributed by atoms with Gasteiger partial charge in [-0.3, -0.25) is 4.79 Å². The van der Waals surface area contributed by atoms with E-state index in [0.29, 0.717) is 23.0 Å². The van der Waals surface area contributed by atoms with Crippen molar-refractivity contribution in [3.8, 4) is 17.6 Å². The average Bonchev–Trinajstić information content (AvgIpc) is 2.75. The highest BCUT2D eigenvalue weighted by Gasteiger charge is 2.24. The topological polar surface area (TPSA) is 148 Å². The number of amides is 1. The zero-order valence-corrected chi connectivity index (χ0v) is 18.3.